The Morgan fingerprint density at radius 1 is 0.634 bits per heavy atom. The Morgan fingerprint density at radius 2 is 1.02 bits per heavy atom. The fourth-order valence-corrected chi connectivity index (χ4v) is 5.69. The molecule has 0 aromatic heterocycles. The highest BCUT2D eigenvalue weighted by Crippen LogP contribution is 2.38. The molecule has 0 saturated carbocycles. The highest BCUT2D eigenvalue weighted by Gasteiger charge is 2.49. The molecule has 0 radical (unpaired) electrons. The lowest BCUT2D eigenvalue weighted by Gasteiger charge is -2.47. The normalized spacial score (nSPS) is 23.4. The van der Waals surface area contributed by atoms with E-state index in [1.54, 1.807) is 0 Å². The summed E-state index contributed by atoms with van der Waals surface area (Å²) in [5.74, 6) is 0. The summed E-state index contributed by atoms with van der Waals surface area (Å²) < 4.78 is 32.9. The topological polar surface area (TPSA) is 66.4 Å². The van der Waals surface area contributed by atoms with Crippen molar-refractivity contribution in [3.63, 3.8) is 0 Å². The highest BCUT2D eigenvalue weighted by atomic mass is 28.4. The quantitative estimate of drug-likeness (QED) is 0.233. The van der Waals surface area contributed by atoms with E-state index in [9.17, 15) is 5.11 Å². The van der Waals surface area contributed by atoms with E-state index in [4.69, 9.17) is 23.4 Å². The van der Waals surface area contributed by atoms with Crippen molar-refractivity contribution in [2.45, 2.75) is 89.2 Å². The van der Waals surface area contributed by atoms with Crippen molar-refractivity contribution >= 4 is 8.32 Å². The lowest BCUT2D eigenvalue weighted by molar-refractivity contribution is -0.274. The van der Waals surface area contributed by atoms with Gasteiger partial charge in [-0.15, -0.1) is 0 Å². The summed E-state index contributed by atoms with van der Waals surface area (Å²) in [6.07, 6.45) is -2.56. The van der Waals surface area contributed by atoms with Crippen LogP contribution in [-0.2, 0) is 43.2 Å². The molecular formula is C34H46O6Si. The molecule has 3 aromatic rings. The van der Waals surface area contributed by atoms with Gasteiger partial charge in [-0.2, -0.15) is 0 Å². The summed E-state index contributed by atoms with van der Waals surface area (Å²) in [7, 11) is -2.08. The first-order valence-electron chi connectivity index (χ1n) is 14.5. The van der Waals surface area contributed by atoms with E-state index in [0.717, 1.165) is 16.7 Å². The molecule has 41 heavy (non-hydrogen) atoms. The number of aliphatic hydroxyl groups excluding tert-OH is 1. The Labute approximate surface area is 246 Å². The zero-order valence-electron chi connectivity index (χ0n) is 25.1. The molecule has 0 aliphatic carbocycles. The predicted molar refractivity (Wildman–Crippen MR) is 164 cm³/mol. The number of benzene rings is 3. The van der Waals surface area contributed by atoms with E-state index < -0.39 is 38.8 Å². The highest BCUT2D eigenvalue weighted by molar-refractivity contribution is 6.74. The van der Waals surface area contributed by atoms with Crippen LogP contribution in [0.5, 0.6) is 0 Å². The first kappa shape index (κ1) is 31.6. The average Bonchev–Trinajstić information content (AvgIpc) is 2.98. The minimum Gasteiger partial charge on any atom is -0.414 e. The van der Waals surface area contributed by atoms with Crippen molar-refractivity contribution in [2.24, 2.45) is 0 Å². The number of aliphatic hydroxyl groups is 1. The van der Waals surface area contributed by atoms with Gasteiger partial charge in [0.05, 0.1) is 33.0 Å². The van der Waals surface area contributed by atoms with Crippen molar-refractivity contribution < 1.29 is 28.5 Å². The van der Waals surface area contributed by atoms with Crippen LogP contribution in [0.15, 0.2) is 91.0 Å². The van der Waals surface area contributed by atoms with Crippen LogP contribution in [0.3, 0.4) is 0 Å². The summed E-state index contributed by atoms with van der Waals surface area (Å²) >= 11 is 0. The smallest absolute Gasteiger partial charge is 0.192 e. The number of ether oxygens (including phenoxy) is 4. The van der Waals surface area contributed by atoms with Crippen molar-refractivity contribution in [3.8, 4) is 0 Å². The summed E-state index contributed by atoms with van der Waals surface area (Å²) in [6, 6.07) is 30.2. The molecule has 1 aliphatic rings. The zero-order chi connectivity index (χ0) is 29.3. The Morgan fingerprint density at radius 3 is 1.41 bits per heavy atom. The third kappa shape index (κ3) is 8.81. The van der Waals surface area contributed by atoms with Crippen molar-refractivity contribution in [2.75, 3.05) is 13.2 Å². The number of hydrogen-bond donors (Lipinski definition) is 1. The van der Waals surface area contributed by atoms with E-state index in [2.05, 4.69) is 33.9 Å². The minimum atomic E-state index is -2.08. The molecule has 1 saturated heterocycles. The second-order valence-electron chi connectivity index (χ2n) is 12.3. The van der Waals surface area contributed by atoms with Crippen LogP contribution in [0, 0.1) is 0 Å². The predicted octanol–water partition coefficient (Wildman–Crippen LogP) is 6.52. The molecule has 3 aromatic carbocycles. The lowest BCUT2D eigenvalue weighted by Crippen LogP contribution is -2.62. The van der Waals surface area contributed by atoms with Gasteiger partial charge < -0.3 is 28.5 Å². The molecule has 1 fully saturated rings. The third-order valence-electron chi connectivity index (χ3n) is 8.18. The van der Waals surface area contributed by atoms with Crippen LogP contribution in [0.25, 0.3) is 0 Å². The molecule has 4 rings (SSSR count). The molecule has 7 heteroatoms. The molecule has 0 unspecified atom stereocenters. The van der Waals surface area contributed by atoms with Gasteiger partial charge in [0.25, 0.3) is 0 Å². The summed E-state index contributed by atoms with van der Waals surface area (Å²) in [5.41, 5.74) is 3.15. The van der Waals surface area contributed by atoms with Crippen molar-refractivity contribution in [1.29, 1.82) is 0 Å². The number of hydrogen-bond acceptors (Lipinski definition) is 6. The van der Waals surface area contributed by atoms with Gasteiger partial charge >= 0.3 is 0 Å². The number of rotatable bonds is 13. The fraction of sp³-hybridized carbons (Fsp3) is 0.471. The molecule has 5 atom stereocenters. The summed E-state index contributed by atoms with van der Waals surface area (Å²) in [4.78, 5) is 0. The Kier molecular flexibility index (Phi) is 11.3. The van der Waals surface area contributed by atoms with Gasteiger partial charge in [0, 0.05) is 0 Å². The second-order valence-corrected chi connectivity index (χ2v) is 17.1. The first-order chi connectivity index (χ1) is 19.7. The fourth-order valence-electron chi connectivity index (χ4n) is 4.67. The van der Waals surface area contributed by atoms with E-state index >= 15 is 0 Å². The van der Waals surface area contributed by atoms with Crippen LogP contribution >= 0.6 is 0 Å². The van der Waals surface area contributed by atoms with Gasteiger partial charge in [-0.1, -0.05) is 112 Å². The Bertz CT molecular complexity index is 1150. The molecule has 0 spiro atoms. The second kappa shape index (κ2) is 14.7. The molecule has 1 aliphatic heterocycles. The molecular weight excluding hydrogens is 532 g/mol. The third-order valence-corrected chi connectivity index (χ3v) is 12.7. The van der Waals surface area contributed by atoms with Gasteiger partial charge in [0.15, 0.2) is 8.32 Å². The summed E-state index contributed by atoms with van der Waals surface area (Å²) in [5, 5.41) is 10.5. The largest absolute Gasteiger partial charge is 0.414 e. The van der Waals surface area contributed by atoms with Gasteiger partial charge in [0.2, 0.25) is 0 Å². The Balaban J connectivity index is 1.63. The maximum absolute atomic E-state index is 10.5. The van der Waals surface area contributed by atoms with Gasteiger partial charge in [-0.25, -0.2) is 0 Å². The lowest BCUT2D eigenvalue weighted by atomic mass is 9.94. The molecule has 0 amide bonds. The average molecular weight is 579 g/mol. The van der Waals surface area contributed by atoms with Crippen LogP contribution < -0.4 is 0 Å². The minimum absolute atomic E-state index is 0.0446. The zero-order valence-corrected chi connectivity index (χ0v) is 26.1. The van der Waals surface area contributed by atoms with Crippen molar-refractivity contribution in [3.05, 3.63) is 108 Å². The summed E-state index contributed by atoms with van der Waals surface area (Å²) in [6.45, 7) is 12.4. The van der Waals surface area contributed by atoms with E-state index in [-0.39, 0.29) is 11.6 Å². The van der Waals surface area contributed by atoms with E-state index in [0.29, 0.717) is 26.4 Å². The monoisotopic (exact) mass is 578 g/mol. The standard InChI is InChI=1S/C34H46O6Si/c1-34(2,3)41(4,5)39-25-30-32(37-23-27-17-11-7-12-18-27)33(38-24-28-19-13-8-14-20-28)31(29(21-35)40-30)36-22-26-15-9-6-10-16-26/h6-20,29-33,35H,21-25H2,1-5H3/t29-,30+,31-,32+,33+/m0/s1. The van der Waals surface area contributed by atoms with E-state index in [1.807, 2.05) is 91.0 Å². The SMILES string of the molecule is CC(C)(C)[Si](C)(C)OC[C@H]1O[C@@H](CO)[C@H](OCc2ccccc2)[C@@H](OCc2ccccc2)[C@@H]1OCc1ccccc1. The van der Waals surface area contributed by atoms with Crippen LogP contribution in [-0.4, -0.2) is 57.2 Å². The van der Waals surface area contributed by atoms with Gasteiger partial charge in [-0.05, 0) is 34.8 Å². The molecule has 222 valence electrons. The van der Waals surface area contributed by atoms with Gasteiger partial charge in [-0.3, -0.25) is 0 Å². The van der Waals surface area contributed by atoms with Crippen LogP contribution in [0.2, 0.25) is 18.1 Å². The maximum Gasteiger partial charge on any atom is 0.192 e. The first-order valence-corrected chi connectivity index (χ1v) is 17.5. The molecule has 6 nitrogen and oxygen atoms in total. The molecule has 0 bridgehead atoms. The van der Waals surface area contributed by atoms with Crippen LogP contribution in [0.1, 0.15) is 37.5 Å². The molecule has 1 heterocycles. The molecule has 1 N–H and O–H groups in total. The van der Waals surface area contributed by atoms with Crippen molar-refractivity contribution in [1.82, 2.24) is 0 Å². The van der Waals surface area contributed by atoms with Crippen LogP contribution in [0.4, 0.5) is 0 Å². The van der Waals surface area contributed by atoms with E-state index in [1.165, 1.54) is 0 Å². The van der Waals surface area contributed by atoms with Gasteiger partial charge in [0.1, 0.15) is 30.5 Å². The Hall–Kier alpha value is -2.36. The maximum atomic E-state index is 10.5.